The van der Waals surface area contributed by atoms with Gasteiger partial charge in [-0.05, 0) is 55.3 Å². The monoisotopic (exact) mass is 416 g/mol. The van der Waals surface area contributed by atoms with Crippen LogP contribution in [-0.4, -0.2) is 33.1 Å². The Morgan fingerprint density at radius 3 is 2.52 bits per heavy atom. The van der Waals surface area contributed by atoms with Crippen molar-refractivity contribution >= 4 is 17.6 Å². The molecule has 3 heterocycles. The van der Waals surface area contributed by atoms with Gasteiger partial charge in [-0.1, -0.05) is 30.2 Å². The third-order valence-electron chi connectivity index (χ3n) is 4.38. The van der Waals surface area contributed by atoms with Crippen LogP contribution in [0.5, 0.6) is 0 Å². The number of aromatic nitrogens is 4. The van der Waals surface area contributed by atoms with E-state index in [1.807, 2.05) is 62.4 Å². The Bertz CT molecular complexity index is 1130. The number of hydrogen-bond donors (Lipinski definition) is 2. The maximum absolute atomic E-state index is 11.1. The highest BCUT2D eigenvalue weighted by molar-refractivity contribution is 5.92. The number of nitrogens with zero attached hydrogens (tertiary/aromatic N) is 4. The zero-order valence-corrected chi connectivity index (χ0v) is 17.7. The molecule has 4 rings (SSSR count). The van der Waals surface area contributed by atoms with Gasteiger partial charge in [-0.15, -0.1) is 5.10 Å². The molecular weight excluding hydrogens is 392 g/mol. The first kappa shape index (κ1) is 21.6. The van der Waals surface area contributed by atoms with Crippen LogP contribution in [0.1, 0.15) is 28.7 Å². The molecule has 8 heteroatoms. The molecule has 0 fully saturated rings. The average molecular weight is 416 g/mol. The Morgan fingerprint density at radius 1 is 1.00 bits per heavy atom. The Hall–Kier alpha value is -4.07. The van der Waals surface area contributed by atoms with Crippen molar-refractivity contribution < 1.29 is 9.21 Å². The molecule has 8 nitrogen and oxygen atoms in total. The van der Waals surface area contributed by atoms with Gasteiger partial charge in [0.25, 0.3) is 11.8 Å². The van der Waals surface area contributed by atoms with Crippen molar-refractivity contribution in [3.8, 4) is 11.5 Å². The van der Waals surface area contributed by atoms with Gasteiger partial charge < -0.3 is 15.1 Å². The molecule has 0 radical (unpaired) electrons. The zero-order chi connectivity index (χ0) is 22.1. The maximum Gasteiger partial charge on any atom is 0.320 e. The second-order valence-electron chi connectivity index (χ2n) is 6.52. The van der Waals surface area contributed by atoms with Gasteiger partial charge in [0.05, 0.1) is 5.56 Å². The lowest BCUT2D eigenvalue weighted by molar-refractivity contribution is 0.0958. The number of anilines is 2. The molecule has 158 valence electrons. The van der Waals surface area contributed by atoms with E-state index in [1.165, 1.54) is 0 Å². The molecule has 3 aromatic heterocycles. The van der Waals surface area contributed by atoms with Crippen molar-refractivity contribution in [2.45, 2.75) is 20.3 Å². The fourth-order valence-corrected chi connectivity index (χ4v) is 2.68. The van der Waals surface area contributed by atoms with Crippen LogP contribution in [0.25, 0.3) is 11.5 Å². The zero-order valence-electron chi connectivity index (χ0n) is 17.7. The number of hydrogen-bond acceptors (Lipinski definition) is 7. The van der Waals surface area contributed by atoms with Crippen LogP contribution >= 0.6 is 0 Å². The van der Waals surface area contributed by atoms with Crippen LogP contribution in [0.3, 0.4) is 0 Å². The van der Waals surface area contributed by atoms with Gasteiger partial charge in [0.2, 0.25) is 0 Å². The number of carbonyl (C=O) groups excluding carboxylic acids is 1. The van der Waals surface area contributed by atoms with Gasteiger partial charge in [-0.2, -0.15) is 0 Å². The van der Waals surface area contributed by atoms with Crippen LogP contribution in [0.2, 0.25) is 0 Å². The minimum absolute atomic E-state index is 0.134. The lowest BCUT2D eigenvalue weighted by Crippen LogP contribution is -2.19. The molecule has 0 unspecified atom stereocenters. The normalized spacial score (nSPS) is 10.0. The van der Waals surface area contributed by atoms with E-state index in [-0.39, 0.29) is 5.91 Å². The standard InChI is InChI=1S/C14H12N4O.C9H12N2O/c1-10-12(8-5-9-15-10)13-17-18-14(19-13)16-11-6-3-2-4-7-11;1-3-7-4-5-11-8(6-7)9(12)10-2/h2-9H,1H3,(H,16,18);4-6H,3H2,1-2H3,(H,10,12). The Balaban J connectivity index is 0.000000196. The quantitative estimate of drug-likeness (QED) is 0.502. The highest BCUT2D eigenvalue weighted by Gasteiger charge is 2.11. The van der Waals surface area contributed by atoms with Gasteiger partial charge in [0.1, 0.15) is 5.69 Å². The average Bonchev–Trinajstić information content (AvgIpc) is 3.28. The summed E-state index contributed by atoms with van der Waals surface area (Å²) < 4.78 is 5.58. The predicted octanol–water partition coefficient (Wildman–Crippen LogP) is 4.19. The van der Waals surface area contributed by atoms with Crippen molar-refractivity contribution in [1.29, 1.82) is 0 Å². The van der Waals surface area contributed by atoms with Gasteiger partial charge in [0.15, 0.2) is 0 Å². The molecule has 0 aliphatic rings. The summed E-state index contributed by atoms with van der Waals surface area (Å²) in [6.07, 6.45) is 4.31. The van der Waals surface area contributed by atoms with E-state index in [2.05, 4.69) is 30.8 Å². The molecular formula is C23H24N6O2. The van der Waals surface area contributed by atoms with Crippen molar-refractivity contribution in [3.05, 3.63) is 83.9 Å². The largest absolute Gasteiger partial charge is 0.403 e. The van der Waals surface area contributed by atoms with Crippen molar-refractivity contribution in [2.75, 3.05) is 12.4 Å². The SMILES string of the molecule is CCc1ccnc(C(=O)NC)c1.Cc1ncccc1-c1nnc(Nc2ccccc2)o1. The third-order valence-corrected chi connectivity index (χ3v) is 4.38. The lowest BCUT2D eigenvalue weighted by atomic mass is 10.2. The summed E-state index contributed by atoms with van der Waals surface area (Å²) in [6.45, 7) is 3.95. The number of amides is 1. The smallest absolute Gasteiger partial charge is 0.320 e. The Labute approximate surface area is 180 Å². The summed E-state index contributed by atoms with van der Waals surface area (Å²) in [5.41, 5.74) is 4.22. The number of carbonyl (C=O) groups is 1. The van der Waals surface area contributed by atoms with Crippen LogP contribution in [0, 0.1) is 6.92 Å². The van der Waals surface area contributed by atoms with Gasteiger partial charge >= 0.3 is 6.01 Å². The number of benzene rings is 1. The number of aryl methyl sites for hydroxylation is 2. The van der Waals surface area contributed by atoms with Crippen LogP contribution in [0.4, 0.5) is 11.7 Å². The third kappa shape index (κ3) is 5.96. The number of pyridine rings is 2. The molecule has 0 aliphatic heterocycles. The summed E-state index contributed by atoms with van der Waals surface area (Å²) in [5.74, 6) is 0.328. The summed E-state index contributed by atoms with van der Waals surface area (Å²) in [4.78, 5) is 19.3. The molecule has 4 aromatic rings. The first-order valence-electron chi connectivity index (χ1n) is 9.85. The topological polar surface area (TPSA) is 106 Å². The van der Waals surface area contributed by atoms with E-state index in [0.717, 1.165) is 28.9 Å². The molecule has 0 spiro atoms. The number of para-hydroxylation sites is 1. The van der Waals surface area contributed by atoms with Crippen LogP contribution in [0.15, 0.2) is 71.4 Å². The van der Waals surface area contributed by atoms with E-state index in [0.29, 0.717) is 17.6 Å². The first-order valence-corrected chi connectivity index (χ1v) is 9.85. The summed E-state index contributed by atoms with van der Waals surface area (Å²) in [7, 11) is 1.60. The molecule has 2 N–H and O–H groups in total. The van der Waals surface area contributed by atoms with Crippen LogP contribution in [-0.2, 0) is 6.42 Å². The highest BCUT2D eigenvalue weighted by Crippen LogP contribution is 2.23. The minimum Gasteiger partial charge on any atom is -0.403 e. The second kappa shape index (κ2) is 10.6. The Kier molecular flexibility index (Phi) is 7.42. The molecule has 0 saturated carbocycles. The highest BCUT2D eigenvalue weighted by atomic mass is 16.4. The van der Waals surface area contributed by atoms with Gasteiger partial charge in [0, 0.05) is 30.8 Å². The second-order valence-corrected chi connectivity index (χ2v) is 6.52. The van der Waals surface area contributed by atoms with Crippen LogP contribution < -0.4 is 10.6 Å². The summed E-state index contributed by atoms with van der Waals surface area (Å²) in [6, 6.07) is 17.5. The van der Waals surface area contributed by atoms with Crippen molar-refractivity contribution in [1.82, 2.24) is 25.5 Å². The first-order chi connectivity index (χ1) is 15.1. The maximum atomic E-state index is 11.1. The van der Waals surface area contributed by atoms with E-state index >= 15 is 0 Å². The summed E-state index contributed by atoms with van der Waals surface area (Å²) >= 11 is 0. The Morgan fingerprint density at radius 2 is 1.81 bits per heavy atom. The van der Waals surface area contributed by atoms with E-state index < -0.39 is 0 Å². The number of nitrogens with one attached hydrogen (secondary N) is 2. The van der Waals surface area contributed by atoms with Gasteiger partial charge in [-0.25, -0.2) is 0 Å². The molecule has 0 atom stereocenters. The molecule has 31 heavy (non-hydrogen) atoms. The minimum atomic E-state index is -0.134. The molecule has 1 aromatic carbocycles. The van der Waals surface area contributed by atoms with Crippen molar-refractivity contribution in [3.63, 3.8) is 0 Å². The van der Waals surface area contributed by atoms with Gasteiger partial charge in [-0.3, -0.25) is 14.8 Å². The molecule has 0 aliphatic carbocycles. The fraction of sp³-hybridized carbons (Fsp3) is 0.174. The molecule has 0 bridgehead atoms. The number of rotatable bonds is 5. The van der Waals surface area contributed by atoms with Crippen molar-refractivity contribution in [2.24, 2.45) is 0 Å². The molecule has 1 amide bonds. The van der Waals surface area contributed by atoms with E-state index in [9.17, 15) is 4.79 Å². The summed E-state index contributed by atoms with van der Waals surface area (Å²) in [5, 5.41) is 13.6. The van der Waals surface area contributed by atoms with E-state index in [4.69, 9.17) is 4.42 Å². The molecule has 0 saturated heterocycles. The lowest BCUT2D eigenvalue weighted by Gasteiger charge is -2.00. The fourth-order valence-electron chi connectivity index (χ4n) is 2.68. The predicted molar refractivity (Wildman–Crippen MR) is 119 cm³/mol. The van der Waals surface area contributed by atoms with E-state index in [1.54, 1.807) is 25.5 Å².